The normalized spacial score (nSPS) is 16.0. The quantitative estimate of drug-likeness (QED) is 0.0223. The molecule has 0 bridgehead atoms. The molecule has 10 N–H and O–H groups in total. The van der Waals surface area contributed by atoms with Crippen LogP contribution in [0.4, 0.5) is 31.5 Å². The third kappa shape index (κ3) is 15.6. The second-order valence-electron chi connectivity index (χ2n) is 22.1. The molecule has 36 heteroatoms. The van der Waals surface area contributed by atoms with Gasteiger partial charge < -0.3 is 78.9 Å². The van der Waals surface area contributed by atoms with Crippen LogP contribution in [0.2, 0.25) is 0 Å². The van der Waals surface area contributed by atoms with E-state index in [-0.39, 0.29) is 94.4 Å². The van der Waals surface area contributed by atoms with E-state index in [4.69, 9.17) is 48.9 Å². The lowest BCUT2D eigenvalue weighted by molar-refractivity contribution is -0.126. The minimum absolute atomic E-state index is 0.0124. The molecule has 2 fully saturated rings. The van der Waals surface area contributed by atoms with Crippen molar-refractivity contribution in [3.63, 3.8) is 0 Å². The molecule has 4 aliphatic rings. The van der Waals surface area contributed by atoms with Crippen molar-refractivity contribution in [1.82, 2.24) is 31.1 Å². The van der Waals surface area contributed by atoms with Crippen molar-refractivity contribution in [1.29, 1.82) is 0 Å². The Hall–Kier alpha value is -12.1. The van der Waals surface area contributed by atoms with E-state index in [1.54, 1.807) is 81.6 Å². The third-order valence-electron chi connectivity index (χ3n) is 15.7. The first-order valence-corrected chi connectivity index (χ1v) is 31.2. The molecule has 0 saturated carbocycles. The van der Waals surface area contributed by atoms with Gasteiger partial charge in [0.25, 0.3) is 23.6 Å². The number of hydrogen-bond donors (Lipinski definition) is 10. The van der Waals surface area contributed by atoms with E-state index >= 15 is 0 Å². The predicted molar refractivity (Wildman–Crippen MR) is 358 cm³/mol. The Morgan fingerprint density at radius 2 is 0.845 bits per heavy atom. The average Bonchev–Trinajstić information content (AvgIpc) is 1.59. The van der Waals surface area contributed by atoms with Crippen LogP contribution in [0.1, 0.15) is 95.2 Å². The number of carbonyl (C=O) groups is 11. The fraction of sp³-hybridized carbons (Fsp3) is 0.149. The summed E-state index contributed by atoms with van der Waals surface area (Å²) in [4.78, 5) is 134. The molecular formula is C67H49F5I2N6O23. The predicted octanol–water partition coefficient (Wildman–Crippen LogP) is 9.01. The zero-order valence-corrected chi connectivity index (χ0v) is 57.3. The number of aromatic carboxylic acids is 3. The van der Waals surface area contributed by atoms with E-state index in [1.807, 2.05) is 0 Å². The first-order valence-electron chi connectivity index (χ1n) is 29.0. The Morgan fingerprint density at radius 1 is 0.476 bits per heavy atom. The molecule has 0 radical (unpaired) electrons. The number of rotatable bonds is 13. The average molecular weight is 1650 g/mol. The molecule has 8 amide bonds. The number of urea groups is 2. The van der Waals surface area contributed by atoms with Crippen molar-refractivity contribution in [2.75, 3.05) is 41.5 Å². The number of carbonyl (C=O) groups excluding carboxylic acids is 8. The molecule has 4 aliphatic heterocycles. The molecule has 2 aromatic heterocycles. The molecule has 9 aromatic rings. The summed E-state index contributed by atoms with van der Waals surface area (Å²) in [6, 6.07) is 22.4. The lowest BCUT2D eigenvalue weighted by Gasteiger charge is -2.29. The Kier molecular flexibility index (Phi) is 22.2. The van der Waals surface area contributed by atoms with Crippen molar-refractivity contribution >= 4 is 133 Å². The highest BCUT2D eigenvalue weighted by molar-refractivity contribution is 14.1. The van der Waals surface area contributed by atoms with E-state index in [0.29, 0.717) is 35.2 Å². The Bertz CT molecular complexity index is 5070. The van der Waals surface area contributed by atoms with E-state index in [1.165, 1.54) is 55.4 Å². The summed E-state index contributed by atoms with van der Waals surface area (Å²) < 4.78 is 98.3. The standard InChI is InChI=1S/C23H18FN3O7.C22H16FN3O7.C8H6FIO3.C7H4FIO3.C7H5FO3/c1-32-13-4-3-11-9-27(19(28)14(11)7-13)10-23(21(30)25-22(31)26-23)18-6-12-5-15(20(29)33-2)16(24)8-17(12)34-18;1-32-12-3-2-10-8-26(18(27)13(10)6-12)9-22(20(30)24-21(31)25-22)17-5-11-4-14(19(28)29)15(23)7-16(11)33-17;1-13-8(12)4-2-6(10)7(11)3-5(4)9;8-4-2-6(10)5(9)1-3(4)7(11)12;8-6-3-4(9)1-2-5(6)7(10)11/h3-8H,9-10H2,1-2H3,(H2,25,26,30,31);2-7H,8-9H2,1H3,(H,28,29)(H2,24,25,30,31);2-3,11H,1H3;1-2,10H,(H,11,12);1-3,9H,(H,10,11)/t23-;22-;;;/m00.../s1. The maximum atomic E-state index is 14.4. The van der Waals surface area contributed by atoms with E-state index in [9.17, 15) is 74.7 Å². The number of carboxylic acids is 3. The summed E-state index contributed by atoms with van der Waals surface area (Å²) in [5.41, 5.74) is -3.16. The number of imide groups is 2. The van der Waals surface area contributed by atoms with Crippen LogP contribution in [0.15, 0.2) is 124 Å². The van der Waals surface area contributed by atoms with Gasteiger partial charge in [0.2, 0.25) is 0 Å². The SMILES string of the molecule is COC(=O)c1cc(I)c(O)cc1F.COC(=O)c1cc2cc([C@]3(CN4Cc5ccc(OC)cc5C4=O)NC(=O)NC3=O)oc2cc1F.COc1ccc2c(c1)C(=O)N(C[C@@]1(c3cc4cc(C(=O)O)c(F)cc4o3)NC(=O)NC1=O)C2.O=C(O)c1cc(I)c(O)cc1F.O=C(O)c1ccc(O)cc1F. The number of carboxylic acid groups (broad SMARTS) is 3. The number of phenolic OH excluding ortho intramolecular Hbond substituents is 3. The lowest BCUT2D eigenvalue weighted by atomic mass is 9.95. The van der Waals surface area contributed by atoms with Crippen LogP contribution in [0.5, 0.6) is 28.7 Å². The fourth-order valence-corrected chi connectivity index (χ4v) is 11.6. The minimum atomic E-state index is -1.79. The van der Waals surface area contributed by atoms with Crippen molar-refractivity contribution in [3.8, 4) is 28.7 Å². The largest absolute Gasteiger partial charge is 0.508 e. The maximum absolute atomic E-state index is 14.4. The summed E-state index contributed by atoms with van der Waals surface area (Å²) in [7, 11) is 5.26. The van der Waals surface area contributed by atoms with Gasteiger partial charge in [-0.15, -0.1) is 0 Å². The molecule has 103 heavy (non-hydrogen) atoms. The number of phenols is 3. The number of nitrogens with one attached hydrogen (secondary N) is 4. The molecule has 2 atom stereocenters. The van der Waals surface area contributed by atoms with Crippen LogP contribution in [-0.4, -0.2) is 148 Å². The number of nitrogens with zero attached hydrogens (tertiary/aromatic N) is 2. The van der Waals surface area contributed by atoms with Gasteiger partial charge in [0, 0.05) is 65.3 Å². The van der Waals surface area contributed by atoms with Crippen molar-refractivity contribution < 1.29 is 133 Å². The number of furan rings is 2. The molecule has 13 rings (SSSR count). The zero-order valence-electron chi connectivity index (χ0n) is 53.0. The van der Waals surface area contributed by atoms with Crippen LogP contribution >= 0.6 is 45.2 Å². The summed E-state index contributed by atoms with van der Waals surface area (Å²) in [6.45, 7) is -0.132. The smallest absolute Gasteiger partial charge is 0.340 e. The summed E-state index contributed by atoms with van der Waals surface area (Å²) in [5.74, 6) is -12.3. The van der Waals surface area contributed by atoms with Gasteiger partial charge in [-0.05, 0) is 129 Å². The number of esters is 2. The van der Waals surface area contributed by atoms with Crippen molar-refractivity contribution in [2.45, 2.75) is 24.2 Å². The fourth-order valence-electron chi connectivity index (χ4n) is 10.6. The number of aromatic hydroxyl groups is 3. The summed E-state index contributed by atoms with van der Waals surface area (Å²) in [6.07, 6.45) is 0. The minimum Gasteiger partial charge on any atom is -0.508 e. The first-order chi connectivity index (χ1) is 48.6. The first kappa shape index (κ1) is 75.1. The second-order valence-corrected chi connectivity index (χ2v) is 24.4. The van der Waals surface area contributed by atoms with Crippen LogP contribution in [0.25, 0.3) is 21.9 Å². The monoisotopic (exact) mass is 1650 g/mol. The van der Waals surface area contributed by atoms with Crippen molar-refractivity contribution in [2.24, 2.45) is 0 Å². The third-order valence-corrected chi connectivity index (χ3v) is 17.4. The molecule has 29 nitrogen and oxygen atoms in total. The molecular weight excluding hydrogens is 1610 g/mol. The zero-order chi connectivity index (χ0) is 75.4. The Balaban J connectivity index is 0.000000164. The summed E-state index contributed by atoms with van der Waals surface area (Å²) in [5, 5.41) is 62.6. The van der Waals surface area contributed by atoms with Gasteiger partial charge in [0.05, 0.1) is 76.5 Å². The van der Waals surface area contributed by atoms with Gasteiger partial charge in [-0.2, -0.15) is 0 Å². The molecule has 0 unspecified atom stereocenters. The Labute approximate surface area is 600 Å². The van der Waals surface area contributed by atoms with Gasteiger partial charge in [-0.1, -0.05) is 12.1 Å². The van der Waals surface area contributed by atoms with E-state index in [0.717, 1.165) is 72.8 Å². The highest BCUT2D eigenvalue weighted by Gasteiger charge is 2.55. The number of halogens is 7. The lowest BCUT2D eigenvalue weighted by Crippen LogP contribution is -2.52. The number of benzene rings is 7. The number of hydrogen-bond acceptors (Lipinski definition) is 20. The summed E-state index contributed by atoms with van der Waals surface area (Å²) >= 11 is 3.51. The molecule has 7 aromatic carbocycles. The number of amides is 8. The number of fused-ring (bicyclic) bond motifs is 4. The number of methoxy groups -OCH3 is 4. The second kappa shape index (κ2) is 30.4. The van der Waals surface area contributed by atoms with Crippen LogP contribution in [0.3, 0.4) is 0 Å². The molecule has 2 saturated heterocycles. The van der Waals surface area contributed by atoms with Crippen molar-refractivity contribution in [3.05, 3.63) is 213 Å². The highest BCUT2D eigenvalue weighted by Crippen LogP contribution is 2.39. The van der Waals surface area contributed by atoms with E-state index in [2.05, 4.69) is 30.7 Å². The van der Waals surface area contributed by atoms with Gasteiger partial charge in [0.15, 0.2) is 11.1 Å². The number of ether oxygens (including phenoxy) is 4. The molecule has 6 heterocycles. The van der Waals surface area contributed by atoms with Crippen LogP contribution < -0.4 is 30.7 Å². The maximum Gasteiger partial charge on any atom is 0.340 e. The van der Waals surface area contributed by atoms with Gasteiger partial charge in [-0.25, -0.2) is 55.5 Å². The molecule has 0 aliphatic carbocycles. The molecule has 534 valence electrons. The van der Waals surface area contributed by atoms with E-state index < -0.39 is 111 Å². The topological polar surface area (TPSA) is 427 Å². The van der Waals surface area contributed by atoms with Gasteiger partial charge >= 0.3 is 41.9 Å². The highest BCUT2D eigenvalue weighted by atomic mass is 127. The molecule has 0 spiro atoms. The Morgan fingerprint density at radius 3 is 1.23 bits per heavy atom. The van der Waals surface area contributed by atoms with Crippen LogP contribution in [-0.2, 0) is 43.2 Å². The van der Waals surface area contributed by atoms with Gasteiger partial charge in [-0.3, -0.25) is 29.8 Å². The van der Waals surface area contributed by atoms with Gasteiger partial charge in [0.1, 0.15) is 80.5 Å². The van der Waals surface area contributed by atoms with Crippen LogP contribution in [0, 0.1) is 36.2 Å².